The number of nitrogens with zero attached hydrogens (tertiary/aromatic N) is 6. The summed E-state index contributed by atoms with van der Waals surface area (Å²) in [5.74, 6) is 1.43. The number of hydrogen-bond acceptors (Lipinski definition) is 9. The molecular formula is C24H27N7S2. The Kier molecular flexibility index (Phi) is 8.79. The average molecular weight is 478 g/mol. The lowest BCUT2D eigenvalue weighted by atomic mass is 10.2. The summed E-state index contributed by atoms with van der Waals surface area (Å²) in [6.45, 7) is 17.7. The van der Waals surface area contributed by atoms with Crippen molar-refractivity contribution < 1.29 is 0 Å². The van der Waals surface area contributed by atoms with Gasteiger partial charge in [-0.15, -0.1) is 50.3 Å². The third-order valence-electron chi connectivity index (χ3n) is 4.51. The van der Waals surface area contributed by atoms with Gasteiger partial charge in [-0.05, 0) is 12.1 Å². The fourth-order valence-corrected chi connectivity index (χ4v) is 4.23. The maximum atomic E-state index is 4.71. The van der Waals surface area contributed by atoms with E-state index in [1.165, 1.54) is 0 Å². The molecule has 0 radical (unpaired) electrons. The molecule has 0 aliphatic heterocycles. The predicted octanol–water partition coefficient (Wildman–Crippen LogP) is 5.38. The van der Waals surface area contributed by atoms with Gasteiger partial charge < -0.3 is 15.1 Å². The minimum absolute atomic E-state index is 0.406. The molecule has 7 nitrogen and oxygen atoms in total. The molecule has 2 aromatic heterocycles. The molecule has 0 amide bonds. The Labute approximate surface area is 204 Å². The lowest BCUT2D eigenvalue weighted by Crippen LogP contribution is -2.30. The first kappa shape index (κ1) is 24.2. The van der Waals surface area contributed by atoms with Crippen LogP contribution in [0.1, 0.15) is 0 Å². The number of hydrogen-bond donors (Lipinski definition) is 2. The van der Waals surface area contributed by atoms with Gasteiger partial charge in [0.05, 0.1) is 5.69 Å². The molecule has 0 saturated heterocycles. The molecule has 0 aliphatic carbocycles. The van der Waals surface area contributed by atoms with E-state index >= 15 is 0 Å². The van der Waals surface area contributed by atoms with Gasteiger partial charge in [0.15, 0.2) is 0 Å². The van der Waals surface area contributed by atoms with E-state index in [-0.39, 0.29) is 0 Å². The number of benzene rings is 1. The Balaban J connectivity index is 2.10. The second kappa shape index (κ2) is 12.0. The number of thiol groups is 1. The first-order chi connectivity index (χ1) is 16.1. The molecule has 170 valence electrons. The third kappa shape index (κ3) is 6.09. The van der Waals surface area contributed by atoms with Gasteiger partial charge in [-0.1, -0.05) is 30.4 Å². The molecule has 1 N–H and O–H groups in total. The van der Waals surface area contributed by atoms with Crippen molar-refractivity contribution in [2.45, 2.75) is 4.90 Å². The summed E-state index contributed by atoms with van der Waals surface area (Å²) in [5.41, 5.74) is 1.70. The van der Waals surface area contributed by atoms with E-state index in [1.807, 2.05) is 33.4 Å². The van der Waals surface area contributed by atoms with E-state index in [9.17, 15) is 0 Å². The zero-order valence-corrected chi connectivity index (χ0v) is 20.1. The molecule has 0 saturated carbocycles. The average Bonchev–Trinajstić information content (AvgIpc) is 3.33. The van der Waals surface area contributed by atoms with Crippen LogP contribution >= 0.6 is 24.0 Å². The first-order valence-electron chi connectivity index (χ1n) is 10.3. The van der Waals surface area contributed by atoms with Crippen LogP contribution in [0.15, 0.2) is 85.3 Å². The molecule has 0 fully saturated rings. The van der Waals surface area contributed by atoms with E-state index in [0.717, 1.165) is 21.2 Å². The Morgan fingerprint density at radius 2 is 1.45 bits per heavy atom. The molecule has 0 aliphatic rings. The predicted molar refractivity (Wildman–Crippen MR) is 143 cm³/mol. The number of anilines is 4. The molecule has 0 atom stereocenters. The first-order valence-corrected chi connectivity index (χ1v) is 11.6. The van der Waals surface area contributed by atoms with Gasteiger partial charge in [0.2, 0.25) is 17.8 Å². The van der Waals surface area contributed by atoms with E-state index in [4.69, 9.17) is 15.0 Å². The smallest absolute Gasteiger partial charge is 0.233 e. The largest absolute Gasteiger partial charge is 0.333 e. The summed E-state index contributed by atoms with van der Waals surface area (Å²) in [7, 11) is 0. The van der Waals surface area contributed by atoms with Gasteiger partial charge >= 0.3 is 0 Å². The number of aromatic nitrogens is 4. The van der Waals surface area contributed by atoms with Gasteiger partial charge in [-0.25, -0.2) is 4.98 Å². The summed E-state index contributed by atoms with van der Waals surface area (Å²) in [6, 6.07) is 5.81. The highest BCUT2D eigenvalue weighted by molar-refractivity contribution is 7.80. The van der Waals surface area contributed by atoms with Crippen LogP contribution < -0.4 is 15.1 Å². The van der Waals surface area contributed by atoms with Crippen LogP contribution in [0.3, 0.4) is 0 Å². The SMILES string of the molecule is C=CCN(CC=C)c1nc(Nc2cccc(S)c2-c2nccs2)nc(N(CC=C)CC=C)n1. The number of rotatable bonds is 13. The van der Waals surface area contributed by atoms with Crippen molar-refractivity contribution in [3.05, 3.63) is 80.4 Å². The van der Waals surface area contributed by atoms with Gasteiger partial charge in [0, 0.05) is 48.2 Å². The molecule has 0 unspecified atom stereocenters. The fraction of sp³-hybridized carbons (Fsp3) is 0.167. The molecule has 3 aromatic rings. The van der Waals surface area contributed by atoms with Crippen LogP contribution in [0.25, 0.3) is 10.6 Å². The van der Waals surface area contributed by atoms with Crippen LogP contribution in [0, 0.1) is 0 Å². The molecule has 9 heteroatoms. The second-order valence-corrected chi connectivity index (χ2v) is 8.26. The van der Waals surface area contributed by atoms with Gasteiger partial charge in [-0.3, -0.25) is 0 Å². The van der Waals surface area contributed by atoms with Gasteiger partial charge in [0.25, 0.3) is 0 Å². The van der Waals surface area contributed by atoms with Crippen molar-refractivity contribution >= 4 is 47.5 Å². The van der Waals surface area contributed by atoms with Crippen molar-refractivity contribution in [1.82, 2.24) is 19.9 Å². The highest BCUT2D eigenvalue weighted by Gasteiger charge is 2.18. The normalized spacial score (nSPS) is 10.3. The minimum atomic E-state index is 0.406. The summed E-state index contributed by atoms with van der Waals surface area (Å²) in [6.07, 6.45) is 8.98. The van der Waals surface area contributed by atoms with Crippen LogP contribution in [0.4, 0.5) is 23.5 Å². The highest BCUT2D eigenvalue weighted by atomic mass is 32.1. The molecule has 2 heterocycles. The Morgan fingerprint density at radius 1 is 0.879 bits per heavy atom. The molecule has 0 spiro atoms. The summed E-state index contributed by atoms with van der Waals surface area (Å²) in [5, 5.41) is 6.15. The third-order valence-corrected chi connectivity index (χ3v) is 5.67. The van der Waals surface area contributed by atoms with E-state index in [1.54, 1.807) is 41.8 Å². The van der Waals surface area contributed by atoms with E-state index in [2.05, 4.69) is 49.2 Å². The van der Waals surface area contributed by atoms with Gasteiger partial charge in [-0.2, -0.15) is 15.0 Å². The van der Waals surface area contributed by atoms with Gasteiger partial charge in [0.1, 0.15) is 5.01 Å². The van der Waals surface area contributed by atoms with Crippen molar-refractivity contribution in [3.63, 3.8) is 0 Å². The van der Waals surface area contributed by atoms with Crippen molar-refractivity contribution in [3.8, 4) is 10.6 Å². The molecule has 3 rings (SSSR count). The van der Waals surface area contributed by atoms with Crippen LogP contribution in [0.2, 0.25) is 0 Å². The molecule has 0 bridgehead atoms. The summed E-state index contributed by atoms with van der Waals surface area (Å²) < 4.78 is 0. The Bertz CT molecular complexity index is 1050. The Hall–Kier alpha value is -3.43. The molecular weight excluding hydrogens is 450 g/mol. The van der Waals surface area contributed by atoms with Crippen molar-refractivity contribution in [2.24, 2.45) is 0 Å². The van der Waals surface area contributed by atoms with Crippen LogP contribution in [0.5, 0.6) is 0 Å². The summed E-state index contributed by atoms with van der Waals surface area (Å²) in [4.78, 5) is 23.3. The van der Waals surface area contributed by atoms with E-state index in [0.29, 0.717) is 44.0 Å². The van der Waals surface area contributed by atoms with Crippen LogP contribution in [-0.4, -0.2) is 46.1 Å². The fourth-order valence-electron chi connectivity index (χ4n) is 3.13. The monoisotopic (exact) mass is 477 g/mol. The molecule has 33 heavy (non-hydrogen) atoms. The topological polar surface area (TPSA) is 70.1 Å². The lowest BCUT2D eigenvalue weighted by Gasteiger charge is -2.24. The number of thiazole rings is 1. The van der Waals surface area contributed by atoms with Crippen LogP contribution in [-0.2, 0) is 0 Å². The maximum absolute atomic E-state index is 4.71. The summed E-state index contributed by atoms with van der Waals surface area (Å²) >= 11 is 6.19. The molecule has 1 aromatic carbocycles. The Morgan fingerprint density at radius 3 is 1.94 bits per heavy atom. The highest BCUT2D eigenvalue weighted by Crippen LogP contribution is 2.36. The van der Waals surface area contributed by atoms with E-state index < -0.39 is 0 Å². The minimum Gasteiger partial charge on any atom is -0.333 e. The maximum Gasteiger partial charge on any atom is 0.233 e. The lowest BCUT2D eigenvalue weighted by molar-refractivity contribution is 0.834. The van der Waals surface area contributed by atoms with Crippen molar-refractivity contribution in [2.75, 3.05) is 41.3 Å². The zero-order valence-electron chi connectivity index (χ0n) is 18.4. The van der Waals surface area contributed by atoms with Crippen molar-refractivity contribution in [1.29, 1.82) is 0 Å². The quantitative estimate of drug-likeness (QED) is 0.253. The number of nitrogens with one attached hydrogen (secondary N) is 1. The second-order valence-electron chi connectivity index (χ2n) is 6.89. The standard InChI is InChI=1S/C24H27N7S2/c1-5-13-30(14-6-2)23-27-22(28-24(29-23)31(15-7-3)16-8-4)26-18-10-9-11-19(32)20(18)21-25-12-17-33-21/h5-12,17,32H,1-4,13-16H2,(H,26,27,28,29). The zero-order chi connectivity index (χ0) is 23.6.